The number of fused-ring (bicyclic) bond motifs is 1. The summed E-state index contributed by atoms with van der Waals surface area (Å²) in [6.07, 6.45) is 3.07. The van der Waals surface area contributed by atoms with Crippen LogP contribution in [0.3, 0.4) is 0 Å². The van der Waals surface area contributed by atoms with E-state index in [2.05, 4.69) is 5.32 Å². The second-order valence-corrected chi connectivity index (χ2v) is 6.02. The fourth-order valence-electron chi connectivity index (χ4n) is 3.25. The predicted molar refractivity (Wildman–Crippen MR) is 85.0 cm³/mol. The molecule has 1 aliphatic carbocycles. The Morgan fingerprint density at radius 3 is 3.00 bits per heavy atom. The van der Waals surface area contributed by atoms with Crippen LogP contribution < -0.4 is 15.8 Å². The van der Waals surface area contributed by atoms with Crippen LogP contribution in [0.1, 0.15) is 30.9 Å². The molecule has 3 atom stereocenters. The van der Waals surface area contributed by atoms with Gasteiger partial charge in [0.25, 0.3) is 0 Å². The van der Waals surface area contributed by atoms with Gasteiger partial charge >= 0.3 is 0 Å². The van der Waals surface area contributed by atoms with Gasteiger partial charge in [-0.05, 0) is 43.5 Å². The van der Waals surface area contributed by atoms with Crippen molar-refractivity contribution in [3.63, 3.8) is 0 Å². The molecule has 1 unspecified atom stereocenters. The molecule has 21 heavy (non-hydrogen) atoms. The second kappa shape index (κ2) is 6.86. The van der Waals surface area contributed by atoms with Crippen molar-refractivity contribution in [1.29, 1.82) is 0 Å². The monoisotopic (exact) mass is 330 g/mol. The van der Waals surface area contributed by atoms with Crippen LogP contribution in [0, 0.1) is 11.8 Å². The standard InChI is InChI=1S/C15H19ClN2O2.ClH/c16-10-4-5-14-12(6-10)13(8-20-14)18-15(19)11-3-1-2-9(11)7-17;/h4-6,9,11,13H,1-3,7-8,17H2,(H,18,19);1H/t9-,11-,13?;/m1./s1. The Morgan fingerprint density at radius 1 is 1.43 bits per heavy atom. The summed E-state index contributed by atoms with van der Waals surface area (Å²) >= 11 is 6.01. The molecule has 1 aromatic rings. The predicted octanol–water partition coefficient (Wildman–Crippen LogP) is 2.69. The maximum Gasteiger partial charge on any atom is 0.224 e. The van der Waals surface area contributed by atoms with Gasteiger partial charge in [-0.25, -0.2) is 0 Å². The highest BCUT2D eigenvalue weighted by atomic mass is 35.5. The van der Waals surface area contributed by atoms with Crippen LogP contribution in [0.5, 0.6) is 5.75 Å². The van der Waals surface area contributed by atoms with E-state index in [-0.39, 0.29) is 30.3 Å². The van der Waals surface area contributed by atoms with Gasteiger partial charge in [0.05, 0.1) is 6.04 Å². The molecule has 1 aromatic carbocycles. The van der Waals surface area contributed by atoms with Crippen molar-refractivity contribution in [3.8, 4) is 5.75 Å². The van der Waals surface area contributed by atoms with Crippen molar-refractivity contribution in [3.05, 3.63) is 28.8 Å². The number of benzene rings is 1. The highest BCUT2D eigenvalue weighted by Gasteiger charge is 2.34. The zero-order valence-corrected chi connectivity index (χ0v) is 13.3. The maximum absolute atomic E-state index is 12.4. The van der Waals surface area contributed by atoms with E-state index < -0.39 is 0 Å². The van der Waals surface area contributed by atoms with Crippen molar-refractivity contribution in [2.45, 2.75) is 25.3 Å². The number of hydrogen-bond acceptors (Lipinski definition) is 3. The van der Waals surface area contributed by atoms with Crippen molar-refractivity contribution >= 4 is 29.9 Å². The van der Waals surface area contributed by atoms with E-state index in [9.17, 15) is 4.79 Å². The number of rotatable bonds is 3. The molecule has 0 radical (unpaired) electrons. The molecule has 3 N–H and O–H groups in total. The summed E-state index contributed by atoms with van der Waals surface area (Å²) < 4.78 is 5.58. The highest BCUT2D eigenvalue weighted by molar-refractivity contribution is 6.30. The highest BCUT2D eigenvalue weighted by Crippen LogP contribution is 2.36. The van der Waals surface area contributed by atoms with Crippen molar-refractivity contribution in [2.75, 3.05) is 13.2 Å². The number of carbonyl (C=O) groups is 1. The van der Waals surface area contributed by atoms with Gasteiger partial charge in [0, 0.05) is 16.5 Å². The minimum Gasteiger partial charge on any atom is -0.491 e. The quantitative estimate of drug-likeness (QED) is 0.895. The third kappa shape index (κ3) is 3.28. The lowest BCUT2D eigenvalue weighted by Crippen LogP contribution is -2.37. The molecular weight excluding hydrogens is 311 g/mol. The first-order chi connectivity index (χ1) is 9.69. The summed E-state index contributed by atoms with van der Waals surface area (Å²) in [6, 6.07) is 5.41. The van der Waals surface area contributed by atoms with E-state index in [1.165, 1.54) is 0 Å². The zero-order chi connectivity index (χ0) is 14.1. The largest absolute Gasteiger partial charge is 0.491 e. The van der Waals surface area contributed by atoms with Gasteiger partial charge in [-0.1, -0.05) is 18.0 Å². The Labute approximate surface area is 135 Å². The third-order valence-corrected chi connectivity index (χ3v) is 4.60. The van der Waals surface area contributed by atoms with Crippen LogP contribution in [-0.2, 0) is 4.79 Å². The van der Waals surface area contributed by atoms with Gasteiger partial charge in [0.15, 0.2) is 0 Å². The Bertz CT molecular complexity index is 524. The average Bonchev–Trinajstić information content (AvgIpc) is 3.05. The summed E-state index contributed by atoms with van der Waals surface area (Å²) in [4.78, 5) is 12.4. The van der Waals surface area contributed by atoms with Crippen LogP contribution in [0.25, 0.3) is 0 Å². The van der Waals surface area contributed by atoms with Gasteiger partial charge in [-0.2, -0.15) is 0 Å². The van der Waals surface area contributed by atoms with E-state index in [1.54, 1.807) is 6.07 Å². The summed E-state index contributed by atoms with van der Waals surface area (Å²) in [5, 5.41) is 3.75. The lowest BCUT2D eigenvalue weighted by atomic mass is 9.94. The van der Waals surface area contributed by atoms with E-state index in [0.717, 1.165) is 30.6 Å². The van der Waals surface area contributed by atoms with Gasteiger partial charge in [-0.3, -0.25) is 4.79 Å². The van der Waals surface area contributed by atoms with Gasteiger partial charge < -0.3 is 15.8 Å². The Balaban J connectivity index is 0.00000161. The maximum atomic E-state index is 12.4. The molecular formula is C15H20Cl2N2O2. The number of halogens is 2. The first-order valence-corrected chi connectivity index (χ1v) is 7.49. The molecule has 2 aliphatic rings. The van der Waals surface area contributed by atoms with E-state index in [4.69, 9.17) is 22.1 Å². The molecule has 3 rings (SSSR count). The zero-order valence-electron chi connectivity index (χ0n) is 11.7. The normalized spacial score (nSPS) is 26.7. The Morgan fingerprint density at radius 2 is 2.24 bits per heavy atom. The first kappa shape index (κ1) is 16.4. The smallest absolute Gasteiger partial charge is 0.224 e. The van der Waals surface area contributed by atoms with E-state index in [1.807, 2.05) is 12.1 Å². The average molecular weight is 331 g/mol. The molecule has 6 heteroatoms. The third-order valence-electron chi connectivity index (χ3n) is 4.37. The van der Waals surface area contributed by atoms with Crippen molar-refractivity contribution in [2.24, 2.45) is 17.6 Å². The summed E-state index contributed by atoms with van der Waals surface area (Å²) in [5.74, 6) is 1.26. The lowest BCUT2D eigenvalue weighted by molar-refractivity contribution is -0.126. The first-order valence-electron chi connectivity index (χ1n) is 7.11. The molecule has 1 aliphatic heterocycles. The Hall–Kier alpha value is -0.970. The van der Waals surface area contributed by atoms with Gasteiger partial charge in [0.1, 0.15) is 12.4 Å². The number of hydrogen-bond donors (Lipinski definition) is 2. The van der Waals surface area contributed by atoms with Crippen LogP contribution in [-0.4, -0.2) is 19.1 Å². The SMILES string of the molecule is Cl.NC[C@H]1CCC[C@H]1C(=O)NC1COc2ccc(Cl)cc21. The number of nitrogens with one attached hydrogen (secondary N) is 1. The fourth-order valence-corrected chi connectivity index (χ4v) is 3.43. The second-order valence-electron chi connectivity index (χ2n) is 5.59. The summed E-state index contributed by atoms with van der Waals surface area (Å²) in [6.45, 7) is 1.06. The molecule has 0 saturated heterocycles. The molecule has 0 spiro atoms. The molecule has 0 aromatic heterocycles. The molecule has 1 amide bonds. The van der Waals surface area contributed by atoms with E-state index in [0.29, 0.717) is 24.1 Å². The van der Waals surface area contributed by atoms with Crippen molar-refractivity contribution < 1.29 is 9.53 Å². The topological polar surface area (TPSA) is 64.4 Å². The number of carbonyl (C=O) groups excluding carboxylic acids is 1. The number of nitrogens with two attached hydrogens (primary N) is 1. The lowest BCUT2D eigenvalue weighted by Gasteiger charge is -2.20. The van der Waals surface area contributed by atoms with Gasteiger partial charge in [-0.15, -0.1) is 12.4 Å². The summed E-state index contributed by atoms with van der Waals surface area (Å²) in [7, 11) is 0. The fraction of sp³-hybridized carbons (Fsp3) is 0.533. The summed E-state index contributed by atoms with van der Waals surface area (Å²) in [5.41, 5.74) is 6.71. The molecule has 0 bridgehead atoms. The number of amides is 1. The molecule has 1 saturated carbocycles. The van der Waals surface area contributed by atoms with Crippen LogP contribution in [0.4, 0.5) is 0 Å². The van der Waals surface area contributed by atoms with Crippen molar-refractivity contribution in [1.82, 2.24) is 5.32 Å². The molecule has 116 valence electrons. The number of ether oxygens (including phenoxy) is 1. The van der Waals surface area contributed by atoms with Gasteiger partial charge in [0.2, 0.25) is 5.91 Å². The minimum atomic E-state index is -0.102. The van der Waals surface area contributed by atoms with Crippen LogP contribution in [0.2, 0.25) is 5.02 Å². The molecule has 1 heterocycles. The van der Waals surface area contributed by atoms with Crippen LogP contribution in [0.15, 0.2) is 18.2 Å². The Kier molecular flexibility index (Phi) is 5.36. The van der Waals surface area contributed by atoms with E-state index >= 15 is 0 Å². The molecule has 1 fully saturated rings. The minimum absolute atomic E-state index is 0. The molecule has 4 nitrogen and oxygen atoms in total. The van der Waals surface area contributed by atoms with Crippen LogP contribution >= 0.6 is 24.0 Å².